The van der Waals surface area contributed by atoms with Crippen molar-refractivity contribution in [1.29, 1.82) is 0 Å². The second-order valence-corrected chi connectivity index (χ2v) is 10.9. The molecule has 40 heavy (non-hydrogen) atoms. The van der Waals surface area contributed by atoms with Gasteiger partial charge in [-0.1, -0.05) is 19.1 Å². The van der Waals surface area contributed by atoms with Gasteiger partial charge in [0, 0.05) is 56.1 Å². The molecule has 10 nitrogen and oxygen atoms in total. The number of piperidine rings is 1. The van der Waals surface area contributed by atoms with Crippen LogP contribution in [0.1, 0.15) is 70.3 Å². The second-order valence-electron chi connectivity index (χ2n) is 10.9. The smallest absolute Gasteiger partial charge is 0.305 e. The number of methoxy groups -OCH3 is 1. The molecule has 3 aliphatic rings. The molecule has 3 heterocycles. The van der Waals surface area contributed by atoms with Crippen molar-refractivity contribution in [2.75, 3.05) is 43.2 Å². The minimum absolute atomic E-state index is 0.0216. The standard InChI is InChI=1S/C30H41N3O7/c1-21(9-7-12-27(36)32-18-8-10-23(32)20-34)30(39)24-19-22(31-16-5-3-11-26(31)35)14-15-25(24)33(29(30)38)17-6-4-13-28(37)40-2/h7,9,14-15,19,21,23,34,39H,3-6,8,10-13,16-18,20H2,1-2H3/b9-7+/t21-,23-,30+/m0/s1. The van der Waals surface area contributed by atoms with Crippen molar-refractivity contribution in [2.24, 2.45) is 5.92 Å². The van der Waals surface area contributed by atoms with Gasteiger partial charge in [0.15, 0.2) is 5.60 Å². The van der Waals surface area contributed by atoms with Gasteiger partial charge in [-0.3, -0.25) is 19.2 Å². The van der Waals surface area contributed by atoms with Crippen LogP contribution in [0, 0.1) is 5.92 Å². The molecule has 1 aromatic carbocycles. The van der Waals surface area contributed by atoms with Crippen molar-refractivity contribution in [3.8, 4) is 0 Å². The molecule has 3 atom stereocenters. The van der Waals surface area contributed by atoms with E-state index >= 15 is 0 Å². The zero-order valence-electron chi connectivity index (χ0n) is 23.5. The normalized spacial score (nSPS) is 23.7. The van der Waals surface area contributed by atoms with Gasteiger partial charge >= 0.3 is 5.97 Å². The minimum atomic E-state index is -1.88. The van der Waals surface area contributed by atoms with Gasteiger partial charge in [-0.2, -0.15) is 0 Å². The number of hydrogen-bond acceptors (Lipinski definition) is 7. The summed E-state index contributed by atoms with van der Waals surface area (Å²) in [7, 11) is 1.34. The highest BCUT2D eigenvalue weighted by Gasteiger charge is 2.52. The Morgan fingerprint density at radius 1 is 1.18 bits per heavy atom. The molecule has 0 aliphatic carbocycles. The maximum atomic E-state index is 13.8. The van der Waals surface area contributed by atoms with Gasteiger partial charge in [0.1, 0.15) is 0 Å². The van der Waals surface area contributed by atoms with E-state index in [4.69, 9.17) is 4.74 Å². The number of likely N-dealkylation sites (tertiary alicyclic amines) is 1. The average molecular weight is 556 g/mol. The maximum Gasteiger partial charge on any atom is 0.305 e. The lowest BCUT2D eigenvalue weighted by Crippen LogP contribution is -2.44. The Morgan fingerprint density at radius 3 is 2.70 bits per heavy atom. The molecule has 0 aromatic heterocycles. The van der Waals surface area contributed by atoms with Crippen molar-refractivity contribution >= 4 is 35.1 Å². The lowest BCUT2D eigenvalue weighted by Gasteiger charge is -2.30. The van der Waals surface area contributed by atoms with Crippen LogP contribution < -0.4 is 9.80 Å². The van der Waals surface area contributed by atoms with Crippen LogP contribution in [-0.4, -0.2) is 78.2 Å². The molecule has 2 N–H and O–H groups in total. The minimum Gasteiger partial charge on any atom is -0.469 e. The first kappa shape index (κ1) is 29.7. The lowest BCUT2D eigenvalue weighted by atomic mass is 9.82. The fourth-order valence-electron chi connectivity index (χ4n) is 6.03. The third-order valence-corrected chi connectivity index (χ3v) is 8.41. The molecule has 0 saturated carbocycles. The number of fused-ring (bicyclic) bond motifs is 1. The van der Waals surface area contributed by atoms with Crippen LogP contribution in [0.5, 0.6) is 0 Å². The summed E-state index contributed by atoms with van der Waals surface area (Å²) in [5.74, 6) is -1.51. The summed E-state index contributed by atoms with van der Waals surface area (Å²) in [4.78, 5) is 55.6. The Bertz CT molecular complexity index is 1150. The molecule has 3 amide bonds. The number of carbonyl (C=O) groups is 4. The van der Waals surface area contributed by atoms with E-state index in [1.807, 2.05) is 6.07 Å². The van der Waals surface area contributed by atoms with Gasteiger partial charge in [-0.25, -0.2) is 0 Å². The van der Waals surface area contributed by atoms with Crippen LogP contribution in [0.2, 0.25) is 0 Å². The first-order chi connectivity index (χ1) is 19.2. The largest absolute Gasteiger partial charge is 0.469 e. The van der Waals surface area contributed by atoms with Gasteiger partial charge in [-0.05, 0) is 56.7 Å². The molecule has 3 aliphatic heterocycles. The molecular weight excluding hydrogens is 514 g/mol. The lowest BCUT2D eigenvalue weighted by molar-refractivity contribution is -0.140. The van der Waals surface area contributed by atoms with E-state index < -0.39 is 17.4 Å². The highest BCUT2D eigenvalue weighted by molar-refractivity contribution is 6.08. The molecule has 1 aromatic rings. The number of carbonyl (C=O) groups excluding carboxylic acids is 4. The monoisotopic (exact) mass is 555 g/mol. The number of hydrogen-bond donors (Lipinski definition) is 2. The van der Waals surface area contributed by atoms with E-state index in [1.165, 1.54) is 7.11 Å². The van der Waals surface area contributed by atoms with Crippen molar-refractivity contribution in [2.45, 2.75) is 76.4 Å². The number of nitrogens with zero attached hydrogens (tertiary/aromatic N) is 3. The Balaban J connectivity index is 1.57. The maximum absolute atomic E-state index is 13.8. The summed E-state index contributed by atoms with van der Waals surface area (Å²) in [6, 6.07) is 5.19. The van der Waals surface area contributed by atoms with Crippen LogP contribution >= 0.6 is 0 Å². The predicted octanol–water partition coefficient (Wildman–Crippen LogP) is 2.65. The molecule has 0 unspecified atom stereocenters. The molecule has 4 rings (SSSR count). The number of aliphatic hydroxyl groups is 2. The van der Waals surface area contributed by atoms with Gasteiger partial charge in [-0.15, -0.1) is 0 Å². The molecule has 218 valence electrons. The van der Waals surface area contributed by atoms with Crippen molar-refractivity contribution in [3.63, 3.8) is 0 Å². The third kappa shape index (κ3) is 5.93. The predicted molar refractivity (Wildman–Crippen MR) is 150 cm³/mol. The van der Waals surface area contributed by atoms with Crippen LogP contribution in [0.4, 0.5) is 11.4 Å². The van der Waals surface area contributed by atoms with Gasteiger partial charge < -0.3 is 29.6 Å². The molecule has 0 radical (unpaired) electrons. The summed E-state index contributed by atoms with van der Waals surface area (Å²) in [5, 5.41) is 21.6. The van der Waals surface area contributed by atoms with Crippen LogP contribution in [-0.2, 0) is 29.5 Å². The fraction of sp³-hybridized carbons (Fsp3) is 0.600. The summed E-state index contributed by atoms with van der Waals surface area (Å²) < 4.78 is 4.70. The van der Waals surface area contributed by atoms with Crippen molar-refractivity contribution < 1.29 is 34.1 Å². The van der Waals surface area contributed by atoms with Crippen LogP contribution in [0.25, 0.3) is 0 Å². The highest BCUT2D eigenvalue weighted by Crippen LogP contribution is 2.47. The van der Waals surface area contributed by atoms with Crippen molar-refractivity contribution in [1.82, 2.24) is 4.90 Å². The SMILES string of the molecule is COC(=O)CCCCN1C(=O)[C@@](O)([C@@H](C)/C=C/CC(=O)N2CCC[C@H]2CO)c2cc(N3CCCCC3=O)ccc21. The fourth-order valence-corrected chi connectivity index (χ4v) is 6.03. The quantitative estimate of drug-likeness (QED) is 0.244. The summed E-state index contributed by atoms with van der Waals surface area (Å²) in [6.07, 6.45) is 8.66. The summed E-state index contributed by atoms with van der Waals surface area (Å²) in [6.45, 7) is 3.21. The molecule has 10 heteroatoms. The zero-order chi connectivity index (χ0) is 28.9. The van der Waals surface area contributed by atoms with E-state index in [2.05, 4.69) is 0 Å². The van der Waals surface area contributed by atoms with E-state index in [1.54, 1.807) is 45.9 Å². The van der Waals surface area contributed by atoms with Crippen molar-refractivity contribution in [3.05, 3.63) is 35.9 Å². The number of aliphatic hydroxyl groups excluding tert-OH is 1. The first-order valence-corrected chi connectivity index (χ1v) is 14.3. The van der Waals surface area contributed by atoms with Gasteiger partial charge in [0.05, 0.1) is 25.4 Å². The average Bonchev–Trinajstić information content (AvgIpc) is 3.53. The third-order valence-electron chi connectivity index (χ3n) is 8.41. The number of rotatable bonds is 11. The zero-order valence-corrected chi connectivity index (χ0v) is 23.5. The van der Waals surface area contributed by atoms with Crippen LogP contribution in [0.15, 0.2) is 30.4 Å². The Hall–Kier alpha value is -3.24. The molecule has 0 bridgehead atoms. The summed E-state index contributed by atoms with van der Waals surface area (Å²) >= 11 is 0. The Morgan fingerprint density at radius 2 is 1.98 bits per heavy atom. The Labute approximate surface area is 235 Å². The number of benzene rings is 1. The van der Waals surface area contributed by atoms with Gasteiger partial charge in [0.25, 0.3) is 5.91 Å². The number of esters is 1. The molecular formula is C30H41N3O7. The van der Waals surface area contributed by atoms with E-state index in [-0.39, 0.29) is 43.3 Å². The second kappa shape index (κ2) is 13.0. The topological polar surface area (TPSA) is 128 Å². The Kier molecular flexibility index (Phi) is 9.63. The van der Waals surface area contributed by atoms with E-state index in [0.29, 0.717) is 55.8 Å². The molecule has 2 fully saturated rings. The van der Waals surface area contributed by atoms with Gasteiger partial charge in [0.2, 0.25) is 11.8 Å². The molecule has 2 saturated heterocycles. The number of anilines is 2. The van der Waals surface area contributed by atoms with E-state index in [0.717, 1.165) is 25.7 Å². The first-order valence-electron chi connectivity index (χ1n) is 14.3. The highest BCUT2D eigenvalue weighted by atomic mass is 16.5. The number of unbranched alkanes of at least 4 members (excludes halogenated alkanes) is 1. The number of ether oxygens (including phenoxy) is 1. The van der Waals surface area contributed by atoms with E-state index in [9.17, 15) is 29.4 Å². The molecule has 0 spiro atoms. The summed E-state index contributed by atoms with van der Waals surface area (Å²) in [5.41, 5.74) is -0.215. The van der Waals surface area contributed by atoms with Crippen LogP contribution in [0.3, 0.4) is 0 Å². The number of amides is 3.